The molecule has 0 saturated carbocycles. The Balaban J connectivity index is 2.50. The Bertz CT molecular complexity index is 547. The monoisotopic (exact) mass is 321 g/mol. The fraction of sp³-hybridized carbons (Fsp3) is 0.400. The second kappa shape index (κ2) is 5.77. The highest BCUT2D eigenvalue weighted by Crippen LogP contribution is 2.35. The molecular weight excluding hydrogens is 306 g/mol. The first-order valence-electron chi connectivity index (χ1n) is 6.19. The lowest BCUT2D eigenvalue weighted by Gasteiger charge is -2.26. The summed E-state index contributed by atoms with van der Waals surface area (Å²) in [6.07, 6.45) is 0.110. The molecule has 1 aromatic carbocycles. The van der Waals surface area contributed by atoms with Crippen LogP contribution in [0.25, 0.3) is 0 Å². The first-order valence-corrected chi connectivity index (χ1v) is 7.31. The molecule has 0 spiro atoms. The van der Waals surface area contributed by atoms with Crippen LogP contribution in [0.1, 0.15) is 25.8 Å². The number of para-hydroxylation sites is 1. The quantitative estimate of drug-likeness (QED) is 0.671. The van der Waals surface area contributed by atoms with Crippen molar-refractivity contribution in [3.05, 3.63) is 29.8 Å². The third kappa shape index (κ3) is 2.83. The van der Waals surface area contributed by atoms with Gasteiger partial charge in [0.25, 0.3) is 5.91 Å². The lowest BCUT2D eigenvalue weighted by Crippen LogP contribution is -2.34. The van der Waals surface area contributed by atoms with Gasteiger partial charge >= 0.3 is 0 Å². The van der Waals surface area contributed by atoms with Crippen molar-refractivity contribution >= 4 is 27.5 Å². The van der Waals surface area contributed by atoms with Crippen LogP contribution in [-0.2, 0) is 15.1 Å². The van der Waals surface area contributed by atoms with Crippen molar-refractivity contribution in [1.82, 2.24) is 0 Å². The van der Waals surface area contributed by atoms with Crippen molar-refractivity contribution in [3.8, 4) is 11.8 Å². The van der Waals surface area contributed by atoms with Crippen molar-refractivity contribution in [2.75, 3.05) is 10.6 Å². The van der Waals surface area contributed by atoms with Crippen molar-refractivity contribution in [3.63, 3.8) is 0 Å². The maximum atomic E-state index is 12.2. The zero-order valence-electron chi connectivity index (χ0n) is 11.0. The highest BCUT2D eigenvalue weighted by molar-refractivity contribution is 9.09. The number of rotatable bonds is 2. The van der Waals surface area contributed by atoms with Crippen LogP contribution in [0.15, 0.2) is 24.3 Å². The average molecular weight is 322 g/mol. The lowest BCUT2D eigenvalue weighted by molar-refractivity contribution is -0.134. The molecule has 2 rings (SSSR count). The van der Waals surface area contributed by atoms with Gasteiger partial charge in [-0.25, -0.2) is 0 Å². The van der Waals surface area contributed by atoms with E-state index in [1.165, 1.54) is 0 Å². The number of hydrogen-bond donors (Lipinski definition) is 1. The maximum Gasteiger partial charge on any atom is 0.253 e. The number of fused-ring (bicyclic) bond motifs is 1. The van der Waals surface area contributed by atoms with Gasteiger partial charge in [0.05, 0.1) is 0 Å². The highest BCUT2D eigenvalue weighted by atomic mass is 79.9. The second-order valence-corrected chi connectivity index (χ2v) is 5.32. The number of amides is 1. The Kier molecular flexibility index (Phi) is 4.28. The van der Waals surface area contributed by atoms with Gasteiger partial charge in [0.2, 0.25) is 0 Å². The summed E-state index contributed by atoms with van der Waals surface area (Å²) in [4.78, 5) is 12.2. The standard InChI is InChI=1S/C15H16BrNO2/c1-3-9-15(2)11-6-4-5-7-12(11)17-14(18)13(19-15)8-10-16/h4-7,13H,8,10H2,1-2H3,(H,17,18). The van der Waals surface area contributed by atoms with Gasteiger partial charge in [0.15, 0.2) is 5.60 Å². The van der Waals surface area contributed by atoms with Crippen LogP contribution in [0, 0.1) is 11.8 Å². The van der Waals surface area contributed by atoms with E-state index in [1.54, 1.807) is 6.92 Å². The maximum absolute atomic E-state index is 12.2. The summed E-state index contributed by atoms with van der Waals surface area (Å²) in [6, 6.07) is 7.64. The Hall–Kier alpha value is -1.31. The van der Waals surface area contributed by atoms with Gasteiger partial charge in [-0.3, -0.25) is 4.79 Å². The summed E-state index contributed by atoms with van der Waals surface area (Å²) in [7, 11) is 0. The molecule has 100 valence electrons. The molecular formula is C15H16BrNO2. The van der Waals surface area contributed by atoms with E-state index in [1.807, 2.05) is 31.2 Å². The summed E-state index contributed by atoms with van der Waals surface area (Å²) < 4.78 is 6.00. The minimum absolute atomic E-state index is 0.117. The molecule has 1 aromatic rings. The number of benzene rings is 1. The SMILES string of the molecule is CC#CC1(C)OC(CCBr)C(=O)Nc2ccccc21. The van der Waals surface area contributed by atoms with Crippen molar-refractivity contribution in [2.45, 2.75) is 32.0 Å². The molecule has 3 nitrogen and oxygen atoms in total. The zero-order valence-corrected chi connectivity index (χ0v) is 12.6. The van der Waals surface area contributed by atoms with Gasteiger partial charge in [-0.1, -0.05) is 40.0 Å². The third-order valence-corrected chi connectivity index (χ3v) is 3.56. The van der Waals surface area contributed by atoms with Crippen molar-refractivity contribution in [1.29, 1.82) is 0 Å². The summed E-state index contributed by atoms with van der Waals surface area (Å²) >= 11 is 3.35. The molecule has 2 unspecified atom stereocenters. The number of alkyl halides is 1. The second-order valence-electron chi connectivity index (χ2n) is 4.53. The van der Waals surface area contributed by atoms with Crippen LogP contribution < -0.4 is 5.32 Å². The molecule has 4 heteroatoms. The smallest absolute Gasteiger partial charge is 0.253 e. The molecule has 0 radical (unpaired) electrons. The van der Waals surface area contributed by atoms with Gasteiger partial charge < -0.3 is 10.1 Å². The summed E-state index contributed by atoms with van der Waals surface area (Å²) in [6.45, 7) is 3.68. The summed E-state index contributed by atoms with van der Waals surface area (Å²) in [5.74, 6) is 5.87. The Morgan fingerprint density at radius 3 is 2.89 bits per heavy atom. The zero-order chi connectivity index (χ0) is 13.9. The number of carbonyl (C=O) groups excluding carboxylic acids is 1. The number of hydrogen-bond acceptors (Lipinski definition) is 2. The molecule has 2 atom stereocenters. The number of halogens is 1. The van der Waals surface area contributed by atoms with E-state index in [0.717, 1.165) is 11.3 Å². The number of carbonyl (C=O) groups is 1. The minimum atomic E-state index is -0.767. The molecule has 1 amide bonds. The van der Waals surface area contributed by atoms with Crippen LogP contribution >= 0.6 is 15.9 Å². The van der Waals surface area contributed by atoms with Crippen molar-refractivity contribution in [2.24, 2.45) is 0 Å². The molecule has 0 fully saturated rings. The molecule has 0 aliphatic carbocycles. The van der Waals surface area contributed by atoms with Crippen LogP contribution in [0.4, 0.5) is 5.69 Å². The highest BCUT2D eigenvalue weighted by Gasteiger charge is 2.37. The summed E-state index contributed by atoms with van der Waals surface area (Å²) in [5.41, 5.74) is 0.904. The van der Waals surface area contributed by atoms with Crippen LogP contribution in [0.2, 0.25) is 0 Å². The number of ether oxygens (including phenoxy) is 1. The molecule has 0 saturated heterocycles. The summed E-state index contributed by atoms with van der Waals surface area (Å²) in [5, 5.41) is 3.62. The lowest BCUT2D eigenvalue weighted by atomic mass is 9.94. The third-order valence-electron chi connectivity index (χ3n) is 3.10. The van der Waals surface area contributed by atoms with E-state index >= 15 is 0 Å². The minimum Gasteiger partial charge on any atom is -0.345 e. The molecule has 0 aromatic heterocycles. The van der Waals surface area contributed by atoms with Crippen LogP contribution in [0.3, 0.4) is 0 Å². The van der Waals surface area contributed by atoms with E-state index in [4.69, 9.17) is 4.74 Å². The average Bonchev–Trinajstić information content (AvgIpc) is 2.48. The van der Waals surface area contributed by atoms with E-state index in [0.29, 0.717) is 11.8 Å². The van der Waals surface area contributed by atoms with Gasteiger partial charge in [-0.05, 0) is 26.3 Å². The number of nitrogens with one attached hydrogen (secondary N) is 1. The van der Waals surface area contributed by atoms with Gasteiger partial charge in [0.1, 0.15) is 6.10 Å². The topological polar surface area (TPSA) is 38.3 Å². The predicted molar refractivity (Wildman–Crippen MR) is 79.2 cm³/mol. The first kappa shape index (κ1) is 14.1. The molecule has 0 bridgehead atoms. The van der Waals surface area contributed by atoms with E-state index in [2.05, 4.69) is 33.1 Å². The fourth-order valence-electron chi connectivity index (χ4n) is 2.25. The van der Waals surface area contributed by atoms with Gasteiger partial charge in [0, 0.05) is 16.6 Å². The normalized spacial score (nSPS) is 25.6. The number of anilines is 1. The van der Waals surface area contributed by atoms with E-state index < -0.39 is 11.7 Å². The predicted octanol–water partition coefficient (Wildman–Crippen LogP) is 3.05. The molecule has 1 aliphatic heterocycles. The van der Waals surface area contributed by atoms with Crippen LogP contribution in [0.5, 0.6) is 0 Å². The van der Waals surface area contributed by atoms with E-state index in [-0.39, 0.29) is 5.91 Å². The Morgan fingerprint density at radius 2 is 2.21 bits per heavy atom. The molecule has 19 heavy (non-hydrogen) atoms. The largest absolute Gasteiger partial charge is 0.345 e. The molecule has 1 aliphatic rings. The Labute approximate surface area is 121 Å². The fourth-order valence-corrected chi connectivity index (χ4v) is 2.66. The van der Waals surface area contributed by atoms with Crippen LogP contribution in [-0.4, -0.2) is 17.3 Å². The van der Waals surface area contributed by atoms with Gasteiger partial charge in [-0.2, -0.15) is 0 Å². The van der Waals surface area contributed by atoms with E-state index in [9.17, 15) is 4.79 Å². The molecule has 1 heterocycles. The molecule has 1 N–H and O–H groups in total. The first-order chi connectivity index (χ1) is 9.10. The van der Waals surface area contributed by atoms with Crippen molar-refractivity contribution < 1.29 is 9.53 Å². The Morgan fingerprint density at radius 1 is 1.47 bits per heavy atom. The van der Waals surface area contributed by atoms with Gasteiger partial charge in [-0.15, -0.1) is 5.92 Å².